The summed E-state index contributed by atoms with van der Waals surface area (Å²) in [6, 6.07) is 0. The van der Waals surface area contributed by atoms with E-state index in [2.05, 4.69) is 13.8 Å². The van der Waals surface area contributed by atoms with Gasteiger partial charge in [0.2, 0.25) is 0 Å². The summed E-state index contributed by atoms with van der Waals surface area (Å²) in [4.78, 5) is 23.6. The van der Waals surface area contributed by atoms with E-state index in [1.54, 1.807) is 0 Å². The van der Waals surface area contributed by atoms with Crippen LogP contribution < -0.4 is 0 Å². The summed E-state index contributed by atoms with van der Waals surface area (Å²) in [5.74, 6) is 0.441. The Balaban J connectivity index is 2.37. The molecule has 3 nitrogen and oxygen atoms in total. The smallest absolute Gasteiger partial charge is 0.138 e. The lowest BCUT2D eigenvalue weighted by atomic mass is 9.86. The molecular weight excluding hydrogens is 240 g/mol. The Morgan fingerprint density at radius 3 is 2.53 bits per heavy atom. The summed E-state index contributed by atoms with van der Waals surface area (Å²) in [6.07, 6.45) is 6.68. The third kappa shape index (κ3) is 5.06. The van der Waals surface area contributed by atoms with Crippen LogP contribution in [0.4, 0.5) is 0 Å². The Kier molecular flexibility index (Phi) is 7.29. The lowest BCUT2D eigenvalue weighted by Crippen LogP contribution is -2.21. The number of carbonyl (C=O) groups excluding carboxylic acids is 2. The molecule has 0 amide bonds. The van der Waals surface area contributed by atoms with Crippen molar-refractivity contribution in [3.05, 3.63) is 0 Å². The first kappa shape index (κ1) is 16.4. The lowest BCUT2D eigenvalue weighted by Gasteiger charge is -2.19. The van der Waals surface area contributed by atoms with Crippen LogP contribution in [0.15, 0.2) is 0 Å². The summed E-state index contributed by atoms with van der Waals surface area (Å²) >= 11 is 0. The van der Waals surface area contributed by atoms with Crippen molar-refractivity contribution in [2.45, 2.75) is 77.7 Å². The van der Waals surface area contributed by atoms with Crippen LogP contribution in [0.3, 0.4) is 0 Å². The highest BCUT2D eigenvalue weighted by Crippen LogP contribution is 2.35. The number of Topliss-reactive ketones (excluding diaryl/α,β-unsaturated/α-hetero) is 2. The molecule has 0 saturated heterocycles. The van der Waals surface area contributed by atoms with E-state index < -0.39 is 6.10 Å². The van der Waals surface area contributed by atoms with E-state index in [0.29, 0.717) is 25.7 Å². The van der Waals surface area contributed by atoms with Crippen LogP contribution in [0.1, 0.15) is 71.6 Å². The fraction of sp³-hybridized carbons (Fsp3) is 0.875. The molecule has 0 aromatic carbocycles. The molecule has 3 heteroatoms. The van der Waals surface area contributed by atoms with Gasteiger partial charge in [-0.3, -0.25) is 9.59 Å². The Bertz CT molecular complexity index is 298. The van der Waals surface area contributed by atoms with E-state index in [1.807, 2.05) is 0 Å². The number of rotatable bonds is 9. The zero-order valence-electron chi connectivity index (χ0n) is 12.4. The number of aliphatic hydroxyl groups is 1. The second-order valence-electron chi connectivity index (χ2n) is 5.83. The molecule has 0 aliphatic heterocycles. The van der Waals surface area contributed by atoms with Crippen molar-refractivity contribution < 1.29 is 14.7 Å². The molecule has 0 unspecified atom stereocenters. The molecule has 1 saturated carbocycles. The summed E-state index contributed by atoms with van der Waals surface area (Å²) in [5.41, 5.74) is 0. The second kappa shape index (κ2) is 8.47. The van der Waals surface area contributed by atoms with Crippen LogP contribution in [0.2, 0.25) is 0 Å². The van der Waals surface area contributed by atoms with Gasteiger partial charge in [-0.25, -0.2) is 0 Å². The highest BCUT2D eigenvalue weighted by molar-refractivity contribution is 5.85. The Hall–Kier alpha value is -0.700. The second-order valence-corrected chi connectivity index (χ2v) is 5.83. The average molecular weight is 268 g/mol. The molecule has 0 spiro atoms. The molecule has 1 fully saturated rings. The Morgan fingerprint density at radius 2 is 1.89 bits per heavy atom. The minimum atomic E-state index is -0.479. The monoisotopic (exact) mass is 268 g/mol. The SMILES string of the molecule is CCCCCC(=O)CC[C@H]1C(=O)C[C@H](O)[C@@H]1CCC. The van der Waals surface area contributed by atoms with Gasteiger partial charge in [0, 0.05) is 25.2 Å². The van der Waals surface area contributed by atoms with E-state index in [0.717, 1.165) is 32.1 Å². The maximum atomic E-state index is 11.9. The first-order chi connectivity index (χ1) is 9.10. The van der Waals surface area contributed by atoms with Crippen molar-refractivity contribution in [1.29, 1.82) is 0 Å². The van der Waals surface area contributed by atoms with Crippen molar-refractivity contribution >= 4 is 11.6 Å². The first-order valence-electron chi connectivity index (χ1n) is 7.82. The molecule has 0 bridgehead atoms. The quantitative estimate of drug-likeness (QED) is 0.653. The van der Waals surface area contributed by atoms with Crippen molar-refractivity contribution in [3.8, 4) is 0 Å². The van der Waals surface area contributed by atoms with Crippen molar-refractivity contribution in [2.75, 3.05) is 0 Å². The van der Waals surface area contributed by atoms with E-state index in [-0.39, 0.29) is 23.4 Å². The molecule has 1 N–H and O–H groups in total. The fourth-order valence-electron chi connectivity index (χ4n) is 3.13. The van der Waals surface area contributed by atoms with Gasteiger partial charge in [0.15, 0.2) is 0 Å². The van der Waals surface area contributed by atoms with Crippen molar-refractivity contribution in [3.63, 3.8) is 0 Å². The standard InChI is InChI=1S/C16H28O3/c1-3-5-6-8-12(17)9-10-14-13(7-4-2)15(18)11-16(14)19/h13-15,18H,3-11H2,1-2H3/t13-,14-,15+/m1/s1. The number of ketones is 2. The predicted octanol–water partition coefficient (Wildman–Crippen LogP) is 3.28. The molecule has 110 valence electrons. The van der Waals surface area contributed by atoms with Gasteiger partial charge in [0.1, 0.15) is 11.6 Å². The summed E-state index contributed by atoms with van der Waals surface area (Å²) in [5, 5.41) is 9.89. The minimum Gasteiger partial charge on any atom is -0.392 e. The normalized spacial score (nSPS) is 26.9. The number of hydrogen-bond acceptors (Lipinski definition) is 3. The average Bonchev–Trinajstić information content (AvgIpc) is 2.63. The van der Waals surface area contributed by atoms with Gasteiger partial charge in [-0.1, -0.05) is 33.1 Å². The molecule has 1 rings (SSSR count). The first-order valence-corrected chi connectivity index (χ1v) is 7.82. The lowest BCUT2D eigenvalue weighted by molar-refractivity contribution is -0.122. The Labute approximate surface area is 116 Å². The molecule has 0 aromatic rings. The van der Waals surface area contributed by atoms with Gasteiger partial charge >= 0.3 is 0 Å². The number of hydrogen-bond donors (Lipinski definition) is 1. The zero-order chi connectivity index (χ0) is 14.3. The van der Waals surface area contributed by atoms with Crippen molar-refractivity contribution in [1.82, 2.24) is 0 Å². The minimum absolute atomic E-state index is 0.0786. The van der Waals surface area contributed by atoms with Crippen LogP contribution in [0.5, 0.6) is 0 Å². The molecule has 19 heavy (non-hydrogen) atoms. The van der Waals surface area contributed by atoms with Gasteiger partial charge in [-0.2, -0.15) is 0 Å². The van der Waals surface area contributed by atoms with Crippen LogP contribution >= 0.6 is 0 Å². The van der Waals surface area contributed by atoms with E-state index in [9.17, 15) is 14.7 Å². The molecule has 1 aliphatic carbocycles. The van der Waals surface area contributed by atoms with Crippen molar-refractivity contribution in [2.24, 2.45) is 11.8 Å². The predicted molar refractivity (Wildman–Crippen MR) is 75.9 cm³/mol. The van der Waals surface area contributed by atoms with Gasteiger partial charge < -0.3 is 5.11 Å². The molecular formula is C16H28O3. The fourth-order valence-corrected chi connectivity index (χ4v) is 3.13. The third-order valence-electron chi connectivity index (χ3n) is 4.25. The van der Waals surface area contributed by atoms with Crippen LogP contribution in [-0.4, -0.2) is 22.8 Å². The van der Waals surface area contributed by atoms with Gasteiger partial charge in [-0.15, -0.1) is 0 Å². The highest BCUT2D eigenvalue weighted by atomic mass is 16.3. The maximum absolute atomic E-state index is 11.9. The largest absolute Gasteiger partial charge is 0.392 e. The van der Waals surface area contributed by atoms with Crippen LogP contribution in [-0.2, 0) is 9.59 Å². The summed E-state index contributed by atoms with van der Waals surface area (Å²) in [6.45, 7) is 4.20. The molecule has 0 aromatic heterocycles. The maximum Gasteiger partial charge on any atom is 0.138 e. The van der Waals surface area contributed by atoms with E-state index >= 15 is 0 Å². The number of unbranched alkanes of at least 4 members (excludes halogenated alkanes) is 2. The van der Waals surface area contributed by atoms with Gasteiger partial charge in [0.25, 0.3) is 0 Å². The van der Waals surface area contributed by atoms with Gasteiger partial charge in [0.05, 0.1) is 6.10 Å². The molecule has 0 heterocycles. The third-order valence-corrected chi connectivity index (χ3v) is 4.25. The van der Waals surface area contributed by atoms with E-state index in [4.69, 9.17) is 0 Å². The number of aliphatic hydroxyl groups excluding tert-OH is 1. The summed E-state index contributed by atoms with van der Waals surface area (Å²) in [7, 11) is 0. The molecule has 0 radical (unpaired) electrons. The van der Waals surface area contributed by atoms with E-state index in [1.165, 1.54) is 0 Å². The molecule has 1 aliphatic rings. The molecule has 3 atom stereocenters. The van der Waals surface area contributed by atoms with Gasteiger partial charge in [-0.05, 0) is 25.2 Å². The van der Waals surface area contributed by atoms with Crippen LogP contribution in [0.25, 0.3) is 0 Å². The van der Waals surface area contributed by atoms with Crippen LogP contribution in [0, 0.1) is 11.8 Å². The highest BCUT2D eigenvalue weighted by Gasteiger charge is 2.40. The Morgan fingerprint density at radius 1 is 1.16 bits per heavy atom. The number of carbonyl (C=O) groups is 2. The zero-order valence-corrected chi connectivity index (χ0v) is 12.4. The topological polar surface area (TPSA) is 54.4 Å². The summed E-state index contributed by atoms with van der Waals surface area (Å²) < 4.78 is 0.